The van der Waals surface area contributed by atoms with E-state index in [1.807, 2.05) is 0 Å². The summed E-state index contributed by atoms with van der Waals surface area (Å²) in [5.74, 6) is -0.725. The Labute approximate surface area is 137 Å². The van der Waals surface area contributed by atoms with Crippen molar-refractivity contribution in [2.75, 3.05) is 39.3 Å². The van der Waals surface area contributed by atoms with E-state index in [0.717, 1.165) is 32.2 Å². The molecule has 1 aromatic carbocycles. The highest BCUT2D eigenvalue weighted by molar-refractivity contribution is 7.89. The number of piperazine rings is 1. The van der Waals surface area contributed by atoms with E-state index in [1.165, 1.54) is 18.2 Å². The highest BCUT2D eigenvalue weighted by atomic mass is 35.5. The van der Waals surface area contributed by atoms with Gasteiger partial charge in [0.1, 0.15) is 10.7 Å². The predicted octanol–water partition coefficient (Wildman–Crippen LogP) is 0.853. The lowest BCUT2D eigenvalue weighted by Crippen LogP contribution is -2.46. The Hall–Kier alpha value is -0.440. The number of nitrogens with zero attached hydrogens (tertiary/aromatic N) is 1. The molecule has 21 heavy (non-hydrogen) atoms. The number of nitrogens with one attached hydrogen (secondary N) is 2. The maximum Gasteiger partial charge on any atom is 0.243 e. The van der Waals surface area contributed by atoms with Crippen LogP contribution in [0.15, 0.2) is 29.2 Å². The molecule has 0 spiro atoms. The standard InChI is InChI=1S/C12H18FN3O2S.2ClH/c13-11-3-1-2-4-12(11)19(17,18)15-7-10-16-8-5-14-6-9-16;;/h1-4,14-15H,5-10H2;2*1H. The first kappa shape index (κ1) is 20.6. The lowest BCUT2D eigenvalue weighted by molar-refractivity contribution is 0.245. The van der Waals surface area contributed by atoms with Crippen molar-refractivity contribution in [1.82, 2.24) is 14.9 Å². The normalized spacial score (nSPS) is 15.9. The van der Waals surface area contributed by atoms with Gasteiger partial charge in [-0.25, -0.2) is 17.5 Å². The van der Waals surface area contributed by atoms with Gasteiger partial charge in [-0.1, -0.05) is 12.1 Å². The van der Waals surface area contributed by atoms with E-state index in [2.05, 4.69) is 14.9 Å². The van der Waals surface area contributed by atoms with Crippen LogP contribution in [0.4, 0.5) is 4.39 Å². The zero-order valence-electron chi connectivity index (χ0n) is 11.4. The maximum atomic E-state index is 13.4. The van der Waals surface area contributed by atoms with Gasteiger partial charge in [0.2, 0.25) is 10.0 Å². The second kappa shape index (κ2) is 9.55. The van der Waals surface area contributed by atoms with Gasteiger partial charge in [0, 0.05) is 39.3 Å². The summed E-state index contributed by atoms with van der Waals surface area (Å²) in [5, 5.41) is 3.22. The second-order valence-electron chi connectivity index (χ2n) is 4.42. The molecule has 1 heterocycles. The van der Waals surface area contributed by atoms with E-state index >= 15 is 0 Å². The third-order valence-corrected chi connectivity index (χ3v) is 4.55. The largest absolute Gasteiger partial charge is 0.314 e. The molecule has 0 saturated carbocycles. The van der Waals surface area contributed by atoms with Crippen LogP contribution in [0.5, 0.6) is 0 Å². The summed E-state index contributed by atoms with van der Waals surface area (Å²) < 4.78 is 39.7. The molecule has 5 nitrogen and oxygen atoms in total. The SMILES string of the molecule is Cl.Cl.O=S(=O)(NCCN1CCNCC1)c1ccccc1F. The Balaban J connectivity index is 0.00000200. The lowest BCUT2D eigenvalue weighted by atomic mass is 10.3. The third kappa shape index (κ3) is 6.06. The summed E-state index contributed by atoms with van der Waals surface area (Å²) in [7, 11) is -3.76. The summed E-state index contributed by atoms with van der Waals surface area (Å²) >= 11 is 0. The van der Waals surface area contributed by atoms with E-state index in [1.54, 1.807) is 0 Å². The van der Waals surface area contributed by atoms with Crippen LogP contribution in [-0.2, 0) is 10.0 Å². The molecule has 2 N–H and O–H groups in total. The molecule has 9 heteroatoms. The van der Waals surface area contributed by atoms with Crippen molar-refractivity contribution in [1.29, 1.82) is 0 Å². The third-order valence-electron chi connectivity index (χ3n) is 3.06. The molecule has 1 saturated heterocycles. The van der Waals surface area contributed by atoms with Gasteiger partial charge in [0.05, 0.1) is 0 Å². The number of hydrogen-bond acceptors (Lipinski definition) is 4. The molecule has 0 atom stereocenters. The minimum Gasteiger partial charge on any atom is -0.314 e. The van der Waals surface area contributed by atoms with Gasteiger partial charge in [0.15, 0.2) is 0 Å². The van der Waals surface area contributed by atoms with Gasteiger partial charge < -0.3 is 5.32 Å². The van der Waals surface area contributed by atoms with E-state index in [4.69, 9.17) is 0 Å². The number of rotatable bonds is 5. The zero-order valence-corrected chi connectivity index (χ0v) is 13.9. The van der Waals surface area contributed by atoms with Gasteiger partial charge in [-0.2, -0.15) is 0 Å². The average molecular weight is 360 g/mol. The van der Waals surface area contributed by atoms with Crippen LogP contribution in [-0.4, -0.2) is 52.6 Å². The quantitative estimate of drug-likeness (QED) is 0.818. The number of hydrogen-bond donors (Lipinski definition) is 2. The summed E-state index contributed by atoms with van der Waals surface area (Å²) in [4.78, 5) is 1.87. The molecule has 122 valence electrons. The fraction of sp³-hybridized carbons (Fsp3) is 0.500. The second-order valence-corrected chi connectivity index (χ2v) is 6.16. The van der Waals surface area contributed by atoms with Gasteiger partial charge in [0.25, 0.3) is 0 Å². The fourth-order valence-corrected chi connectivity index (χ4v) is 3.11. The van der Waals surface area contributed by atoms with Gasteiger partial charge in [-0.15, -0.1) is 24.8 Å². The number of halogens is 3. The average Bonchev–Trinajstić information content (AvgIpc) is 2.40. The molecule has 0 bridgehead atoms. The molecule has 0 amide bonds. The van der Waals surface area contributed by atoms with Gasteiger partial charge in [-0.3, -0.25) is 4.90 Å². The Morgan fingerprint density at radius 2 is 1.81 bits per heavy atom. The summed E-state index contributed by atoms with van der Waals surface area (Å²) in [6, 6.07) is 5.39. The van der Waals surface area contributed by atoms with Gasteiger partial charge >= 0.3 is 0 Å². The van der Waals surface area contributed by atoms with Crippen molar-refractivity contribution in [3.05, 3.63) is 30.1 Å². The van der Waals surface area contributed by atoms with Crippen molar-refractivity contribution in [2.45, 2.75) is 4.90 Å². The van der Waals surface area contributed by atoms with Crippen LogP contribution in [0.1, 0.15) is 0 Å². The Morgan fingerprint density at radius 1 is 1.19 bits per heavy atom. The van der Waals surface area contributed by atoms with Crippen molar-refractivity contribution in [3.63, 3.8) is 0 Å². The Kier molecular flexibility index (Phi) is 9.35. The maximum absolute atomic E-state index is 13.4. The number of sulfonamides is 1. The first-order valence-corrected chi connectivity index (χ1v) is 7.75. The molecule has 1 aromatic rings. The van der Waals surface area contributed by atoms with Crippen LogP contribution in [0.2, 0.25) is 0 Å². The number of benzene rings is 1. The van der Waals surface area contributed by atoms with Crippen molar-refractivity contribution < 1.29 is 12.8 Å². The molecular weight excluding hydrogens is 340 g/mol. The molecule has 1 aliphatic rings. The van der Waals surface area contributed by atoms with Crippen LogP contribution in [0.25, 0.3) is 0 Å². The Morgan fingerprint density at radius 3 is 2.43 bits per heavy atom. The first-order chi connectivity index (χ1) is 9.09. The minimum absolute atomic E-state index is 0. The minimum atomic E-state index is -3.76. The molecule has 1 aliphatic heterocycles. The molecular formula is C12H20Cl2FN3O2S. The first-order valence-electron chi connectivity index (χ1n) is 6.27. The summed E-state index contributed by atoms with van der Waals surface area (Å²) in [5.41, 5.74) is 0. The van der Waals surface area contributed by atoms with Crippen molar-refractivity contribution in [2.24, 2.45) is 0 Å². The molecule has 0 aromatic heterocycles. The Bertz CT molecular complexity index is 525. The molecule has 1 fully saturated rings. The summed E-state index contributed by atoms with van der Waals surface area (Å²) in [6.07, 6.45) is 0. The zero-order chi connectivity index (χ0) is 13.7. The van der Waals surface area contributed by atoms with E-state index < -0.39 is 15.8 Å². The monoisotopic (exact) mass is 359 g/mol. The van der Waals surface area contributed by atoms with E-state index in [9.17, 15) is 12.8 Å². The lowest BCUT2D eigenvalue weighted by Gasteiger charge is -2.27. The topological polar surface area (TPSA) is 61.4 Å². The van der Waals surface area contributed by atoms with Gasteiger partial charge in [-0.05, 0) is 12.1 Å². The smallest absolute Gasteiger partial charge is 0.243 e. The van der Waals surface area contributed by atoms with Crippen LogP contribution in [0.3, 0.4) is 0 Å². The molecule has 0 aliphatic carbocycles. The van der Waals surface area contributed by atoms with Crippen LogP contribution in [0, 0.1) is 5.82 Å². The molecule has 2 rings (SSSR count). The van der Waals surface area contributed by atoms with Crippen molar-refractivity contribution >= 4 is 34.8 Å². The van der Waals surface area contributed by atoms with E-state index in [-0.39, 0.29) is 36.3 Å². The van der Waals surface area contributed by atoms with Crippen LogP contribution >= 0.6 is 24.8 Å². The fourth-order valence-electron chi connectivity index (χ4n) is 2.01. The highest BCUT2D eigenvalue weighted by Gasteiger charge is 2.18. The predicted molar refractivity (Wildman–Crippen MR) is 85.4 cm³/mol. The summed E-state index contributed by atoms with van der Waals surface area (Å²) in [6.45, 7) is 4.56. The highest BCUT2D eigenvalue weighted by Crippen LogP contribution is 2.12. The molecule has 0 unspecified atom stereocenters. The van der Waals surface area contributed by atoms with E-state index in [0.29, 0.717) is 6.54 Å². The molecule has 0 radical (unpaired) electrons. The van der Waals surface area contributed by atoms with Crippen molar-refractivity contribution in [3.8, 4) is 0 Å². The van der Waals surface area contributed by atoms with Crippen LogP contribution < -0.4 is 10.0 Å².